The number of hydrogen-bond donors (Lipinski definition) is 1. The fourth-order valence-corrected chi connectivity index (χ4v) is 1.80. The third kappa shape index (κ3) is 5.03. The van der Waals surface area contributed by atoms with E-state index in [1.165, 1.54) is 4.90 Å². The minimum Gasteiger partial charge on any atom is -0.478 e. The summed E-state index contributed by atoms with van der Waals surface area (Å²) >= 11 is 0. The number of aliphatic carboxylic acids is 1. The Kier molecular flexibility index (Phi) is 6.10. The minimum absolute atomic E-state index is 0.239. The van der Waals surface area contributed by atoms with Gasteiger partial charge in [-0.05, 0) is 0 Å². The van der Waals surface area contributed by atoms with Crippen molar-refractivity contribution in [1.82, 2.24) is 4.90 Å². The lowest BCUT2D eigenvalue weighted by atomic mass is 10.1. The van der Waals surface area contributed by atoms with Crippen molar-refractivity contribution < 1.29 is 38.5 Å². The van der Waals surface area contributed by atoms with Gasteiger partial charge in [0.15, 0.2) is 0 Å². The van der Waals surface area contributed by atoms with Gasteiger partial charge in [-0.2, -0.15) is 0 Å². The molecule has 1 fully saturated rings. The number of esters is 2. The normalized spacial score (nSPS) is 17.5. The number of morpholine rings is 1. The molecule has 1 N–H and O–H groups in total. The fourth-order valence-electron chi connectivity index (χ4n) is 1.80. The molecular weight excluding hydrogens is 286 g/mol. The summed E-state index contributed by atoms with van der Waals surface area (Å²) in [6.07, 6.45) is -3.61. The molecule has 1 heterocycles. The van der Waals surface area contributed by atoms with Gasteiger partial charge in [-0.1, -0.05) is 0 Å². The zero-order valence-corrected chi connectivity index (χ0v) is 11.7. The fraction of sp³-hybridized carbons (Fsp3) is 0.667. The topological polar surface area (TPSA) is 119 Å². The number of hydrogen-bond acceptors (Lipinski definition) is 7. The first-order valence-corrected chi connectivity index (χ1v) is 6.26. The van der Waals surface area contributed by atoms with E-state index in [0.717, 1.165) is 13.8 Å². The molecule has 1 aliphatic rings. The van der Waals surface area contributed by atoms with Gasteiger partial charge in [-0.15, -0.1) is 0 Å². The maximum absolute atomic E-state index is 12.3. The van der Waals surface area contributed by atoms with Crippen LogP contribution in [0.3, 0.4) is 0 Å². The SMILES string of the molecule is CC(=O)O[C@H](C(=O)O)[C@H](OC(C)=O)C(=O)N1CCOCC1. The number of nitrogens with zero attached hydrogens (tertiary/aromatic N) is 1. The zero-order chi connectivity index (χ0) is 16.0. The van der Waals surface area contributed by atoms with Gasteiger partial charge in [-0.25, -0.2) is 4.79 Å². The Morgan fingerprint density at radius 1 is 1.00 bits per heavy atom. The van der Waals surface area contributed by atoms with Crippen LogP contribution >= 0.6 is 0 Å². The highest BCUT2D eigenvalue weighted by Gasteiger charge is 2.41. The molecule has 1 rings (SSSR count). The van der Waals surface area contributed by atoms with E-state index in [9.17, 15) is 19.2 Å². The molecule has 9 nitrogen and oxygen atoms in total. The van der Waals surface area contributed by atoms with Crippen LogP contribution in [0.15, 0.2) is 0 Å². The third-order valence-corrected chi connectivity index (χ3v) is 2.67. The molecule has 0 aromatic rings. The van der Waals surface area contributed by atoms with Gasteiger partial charge in [0.25, 0.3) is 5.91 Å². The number of rotatable bonds is 5. The van der Waals surface area contributed by atoms with Gasteiger partial charge in [0.1, 0.15) is 0 Å². The molecule has 2 atom stereocenters. The smallest absolute Gasteiger partial charge is 0.349 e. The largest absolute Gasteiger partial charge is 0.478 e. The Balaban J connectivity index is 2.94. The molecule has 118 valence electrons. The van der Waals surface area contributed by atoms with E-state index in [0.29, 0.717) is 13.2 Å². The lowest BCUT2D eigenvalue weighted by Gasteiger charge is -2.31. The van der Waals surface area contributed by atoms with Gasteiger partial charge in [0, 0.05) is 26.9 Å². The van der Waals surface area contributed by atoms with Crippen LogP contribution in [0.1, 0.15) is 13.8 Å². The molecule has 1 saturated heterocycles. The summed E-state index contributed by atoms with van der Waals surface area (Å²) in [6.45, 7) is 3.10. The first-order valence-electron chi connectivity index (χ1n) is 6.26. The van der Waals surface area contributed by atoms with Crippen LogP contribution in [0.25, 0.3) is 0 Å². The van der Waals surface area contributed by atoms with Crippen LogP contribution in [0.5, 0.6) is 0 Å². The lowest BCUT2D eigenvalue weighted by molar-refractivity contribution is -0.184. The van der Waals surface area contributed by atoms with Crippen LogP contribution in [0.2, 0.25) is 0 Å². The van der Waals surface area contributed by atoms with Crippen molar-refractivity contribution in [3.05, 3.63) is 0 Å². The minimum atomic E-state index is -1.89. The summed E-state index contributed by atoms with van der Waals surface area (Å²) in [5.41, 5.74) is 0. The Morgan fingerprint density at radius 2 is 1.48 bits per heavy atom. The second-order valence-electron chi connectivity index (χ2n) is 4.34. The van der Waals surface area contributed by atoms with Crippen molar-refractivity contribution in [2.75, 3.05) is 26.3 Å². The molecule has 0 spiro atoms. The number of carbonyl (C=O) groups excluding carboxylic acids is 3. The van der Waals surface area contributed by atoms with Crippen molar-refractivity contribution in [2.24, 2.45) is 0 Å². The van der Waals surface area contributed by atoms with Gasteiger partial charge < -0.3 is 24.2 Å². The van der Waals surface area contributed by atoms with Crippen molar-refractivity contribution in [1.29, 1.82) is 0 Å². The van der Waals surface area contributed by atoms with Crippen LogP contribution in [-0.4, -0.2) is 72.3 Å². The average Bonchev–Trinajstić information content (AvgIpc) is 2.42. The lowest BCUT2D eigenvalue weighted by Crippen LogP contribution is -2.53. The highest BCUT2D eigenvalue weighted by atomic mass is 16.6. The van der Waals surface area contributed by atoms with E-state index in [4.69, 9.17) is 14.6 Å². The number of carboxylic acids is 1. The molecule has 0 unspecified atom stereocenters. The summed E-state index contributed by atoms with van der Waals surface area (Å²) in [7, 11) is 0. The van der Waals surface area contributed by atoms with Crippen molar-refractivity contribution in [3.8, 4) is 0 Å². The highest BCUT2D eigenvalue weighted by Crippen LogP contribution is 2.12. The maximum atomic E-state index is 12.3. The molecule has 9 heteroatoms. The van der Waals surface area contributed by atoms with Crippen LogP contribution < -0.4 is 0 Å². The first-order chi connectivity index (χ1) is 9.82. The summed E-state index contributed by atoms with van der Waals surface area (Å²) in [4.78, 5) is 46.9. The summed E-state index contributed by atoms with van der Waals surface area (Å²) in [5.74, 6) is -4.05. The highest BCUT2D eigenvalue weighted by molar-refractivity contribution is 5.91. The summed E-state index contributed by atoms with van der Waals surface area (Å²) in [5, 5.41) is 9.09. The van der Waals surface area contributed by atoms with E-state index in [1.807, 2.05) is 0 Å². The van der Waals surface area contributed by atoms with Crippen LogP contribution in [-0.2, 0) is 33.4 Å². The molecule has 0 saturated carbocycles. The van der Waals surface area contributed by atoms with Crippen molar-refractivity contribution >= 4 is 23.8 Å². The van der Waals surface area contributed by atoms with Crippen molar-refractivity contribution in [2.45, 2.75) is 26.1 Å². The Labute approximate surface area is 120 Å². The Bertz CT molecular complexity index is 429. The molecule has 0 aromatic heterocycles. The molecule has 0 aromatic carbocycles. The quantitative estimate of drug-likeness (QED) is 0.628. The van der Waals surface area contributed by atoms with E-state index in [1.54, 1.807) is 0 Å². The van der Waals surface area contributed by atoms with E-state index < -0.39 is 36.0 Å². The monoisotopic (exact) mass is 303 g/mol. The second kappa shape index (κ2) is 7.58. The average molecular weight is 303 g/mol. The molecule has 1 aliphatic heterocycles. The maximum Gasteiger partial charge on any atom is 0.349 e. The molecule has 0 radical (unpaired) electrons. The number of ether oxygens (including phenoxy) is 3. The first kappa shape index (κ1) is 16.9. The number of amides is 1. The molecule has 1 amide bonds. The second-order valence-corrected chi connectivity index (χ2v) is 4.34. The van der Waals surface area contributed by atoms with E-state index in [2.05, 4.69) is 4.74 Å². The van der Waals surface area contributed by atoms with Gasteiger partial charge in [0.05, 0.1) is 13.2 Å². The van der Waals surface area contributed by atoms with Crippen LogP contribution in [0.4, 0.5) is 0 Å². The number of carbonyl (C=O) groups is 4. The van der Waals surface area contributed by atoms with Crippen LogP contribution in [0, 0.1) is 0 Å². The zero-order valence-electron chi connectivity index (χ0n) is 11.7. The Hall–Kier alpha value is -2.16. The summed E-state index contributed by atoms with van der Waals surface area (Å²) in [6, 6.07) is 0. The van der Waals surface area contributed by atoms with E-state index >= 15 is 0 Å². The predicted molar refractivity (Wildman–Crippen MR) is 66.1 cm³/mol. The molecule has 21 heavy (non-hydrogen) atoms. The predicted octanol–water partition coefficient (Wildman–Crippen LogP) is -1.21. The molecular formula is C12H17NO8. The van der Waals surface area contributed by atoms with Gasteiger partial charge in [-0.3, -0.25) is 14.4 Å². The third-order valence-electron chi connectivity index (χ3n) is 2.67. The number of carboxylic acid groups (broad SMARTS) is 1. The van der Waals surface area contributed by atoms with Gasteiger partial charge in [0.2, 0.25) is 12.2 Å². The molecule has 0 bridgehead atoms. The molecule has 0 aliphatic carbocycles. The van der Waals surface area contributed by atoms with Gasteiger partial charge >= 0.3 is 17.9 Å². The van der Waals surface area contributed by atoms with E-state index in [-0.39, 0.29) is 13.1 Å². The summed E-state index contributed by atoms with van der Waals surface area (Å²) < 4.78 is 14.4. The Morgan fingerprint density at radius 3 is 1.90 bits per heavy atom. The van der Waals surface area contributed by atoms with Crippen molar-refractivity contribution in [3.63, 3.8) is 0 Å². The standard InChI is InChI=1S/C12H17NO8/c1-7(14)20-9(10(12(17)18)21-8(2)15)11(16)13-3-5-19-6-4-13/h9-10H,3-6H2,1-2H3,(H,17,18)/t9-,10-/m0/s1.